The van der Waals surface area contributed by atoms with Crippen LogP contribution in [-0.2, 0) is 4.79 Å². The highest BCUT2D eigenvalue weighted by Crippen LogP contribution is 2.21. The Morgan fingerprint density at radius 1 is 1.45 bits per heavy atom. The van der Waals surface area contributed by atoms with E-state index in [-0.39, 0.29) is 5.91 Å². The van der Waals surface area contributed by atoms with Gasteiger partial charge in [-0.15, -0.1) is 0 Å². The third kappa shape index (κ3) is 4.06. The highest BCUT2D eigenvalue weighted by molar-refractivity contribution is 9.10. The van der Waals surface area contributed by atoms with Crippen molar-refractivity contribution in [2.45, 2.75) is 45.6 Å². The van der Waals surface area contributed by atoms with Crippen LogP contribution in [0.4, 0.5) is 5.69 Å². The van der Waals surface area contributed by atoms with Crippen LogP contribution in [0, 0.1) is 6.92 Å². The van der Waals surface area contributed by atoms with Gasteiger partial charge in [-0.25, -0.2) is 0 Å². The largest absolute Gasteiger partial charge is 0.325 e. The molecule has 1 amide bonds. The van der Waals surface area contributed by atoms with Gasteiger partial charge in [-0.3, -0.25) is 9.69 Å². The van der Waals surface area contributed by atoms with Gasteiger partial charge in [0.25, 0.3) is 0 Å². The number of hydrogen-bond donors (Lipinski definition) is 1. The number of halogens is 1. The molecular formula is C16H23BrN2O. The molecule has 0 aromatic heterocycles. The minimum Gasteiger partial charge on any atom is -0.325 e. The van der Waals surface area contributed by atoms with Crippen LogP contribution in [0.3, 0.4) is 0 Å². The molecule has 1 aromatic carbocycles. The predicted molar refractivity (Wildman–Crippen MR) is 87.0 cm³/mol. The molecule has 1 saturated heterocycles. The maximum Gasteiger partial charge on any atom is 0.238 e. The van der Waals surface area contributed by atoms with E-state index in [4.69, 9.17) is 0 Å². The van der Waals surface area contributed by atoms with Crippen molar-refractivity contribution < 1.29 is 4.79 Å². The van der Waals surface area contributed by atoms with Crippen molar-refractivity contribution in [2.75, 3.05) is 18.4 Å². The number of piperidine rings is 1. The Kier molecular flexibility index (Phi) is 5.61. The second-order valence-corrected chi connectivity index (χ2v) is 6.39. The molecule has 1 aliphatic heterocycles. The molecule has 0 radical (unpaired) electrons. The van der Waals surface area contributed by atoms with E-state index in [1.807, 2.05) is 25.1 Å². The summed E-state index contributed by atoms with van der Waals surface area (Å²) in [5.41, 5.74) is 2.01. The first-order chi connectivity index (χ1) is 9.60. The molecule has 1 heterocycles. The Bertz CT molecular complexity index is 476. The van der Waals surface area contributed by atoms with Crippen LogP contribution in [0.15, 0.2) is 22.7 Å². The van der Waals surface area contributed by atoms with Gasteiger partial charge >= 0.3 is 0 Å². The standard InChI is InChI=1S/C16H23BrN2O/c1-3-14-6-4-5-9-19(14)11-16(20)18-13-7-8-15(17)12(2)10-13/h7-8,10,14H,3-6,9,11H2,1-2H3,(H,18,20). The van der Waals surface area contributed by atoms with E-state index in [9.17, 15) is 4.79 Å². The number of hydrogen-bond acceptors (Lipinski definition) is 2. The van der Waals surface area contributed by atoms with Crippen molar-refractivity contribution in [3.05, 3.63) is 28.2 Å². The summed E-state index contributed by atoms with van der Waals surface area (Å²) in [5, 5.41) is 3.00. The minimum absolute atomic E-state index is 0.0899. The highest BCUT2D eigenvalue weighted by atomic mass is 79.9. The first-order valence-electron chi connectivity index (χ1n) is 7.40. The molecule has 2 rings (SSSR count). The summed E-state index contributed by atoms with van der Waals surface area (Å²) in [6.45, 7) is 5.79. The van der Waals surface area contributed by atoms with Crippen LogP contribution in [-0.4, -0.2) is 29.9 Å². The van der Waals surface area contributed by atoms with E-state index >= 15 is 0 Å². The zero-order valence-corrected chi connectivity index (χ0v) is 13.9. The maximum atomic E-state index is 12.2. The maximum absolute atomic E-state index is 12.2. The van der Waals surface area contributed by atoms with Gasteiger partial charge in [-0.1, -0.05) is 29.3 Å². The number of carbonyl (C=O) groups is 1. The van der Waals surface area contributed by atoms with Crippen molar-refractivity contribution in [1.82, 2.24) is 4.90 Å². The number of carbonyl (C=O) groups excluding carboxylic acids is 1. The van der Waals surface area contributed by atoms with Crippen LogP contribution in [0.25, 0.3) is 0 Å². The monoisotopic (exact) mass is 338 g/mol. The molecule has 4 heteroatoms. The first-order valence-corrected chi connectivity index (χ1v) is 8.19. The Morgan fingerprint density at radius 3 is 2.95 bits per heavy atom. The fourth-order valence-corrected chi connectivity index (χ4v) is 3.08. The van der Waals surface area contributed by atoms with Gasteiger partial charge < -0.3 is 5.32 Å². The third-order valence-corrected chi connectivity index (χ3v) is 4.90. The number of aryl methyl sites for hydroxylation is 1. The molecule has 0 bridgehead atoms. The molecule has 1 atom stereocenters. The summed E-state index contributed by atoms with van der Waals surface area (Å²) in [6, 6.07) is 6.47. The van der Waals surface area contributed by atoms with Crippen LogP contribution in [0.2, 0.25) is 0 Å². The SMILES string of the molecule is CCC1CCCCN1CC(=O)Nc1ccc(Br)c(C)c1. The van der Waals surface area contributed by atoms with Crippen molar-refractivity contribution in [1.29, 1.82) is 0 Å². The van der Waals surface area contributed by atoms with Crippen molar-refractivity contribution >= 4 is 27.5 Å². The quantitative estimate of drug-likeness (QED) is 0.901. The average Bonchev–Trinajstić information content (AvgIpc) is 2.43. The van der Waals surface area contributed by atoms with Gasteiger partial charge in [0.05, 0.1) is 6.54 Å². The number of nitrogens with one attached hydrogen (secondary N) is 1. The molecule has 20 heavy (non-hydrogen) atoms. The van der Waals surface area contributed by atoms with Crippen LogP contribution in [0.1, 0.15) is 38.2 Å². The van der Waals surface area contributed by atoms with Crippen LogP contribution >= 0.6 is 15.9 Å². The lowest BCUT2D eigenvalue weighted by atomic mass is 10.00. The fourth-order valence-electron chi connectivity index (χ4n) is 2.84. The number of benzene rings is 1. The summed E-state index contributed by atoms with van der Waals surface area (Å²) >= 11 is 3.47. The molecular weight excluding hydrogens is 316 g/mol. The summed E-state index contributed by atoms with van der Waals surface area (Å²) in [5.74, 6) is 0.0899. The molecule has 1 N–H and O–H groups in total. The molecule has 0 spiro atoms. The first kappa shape index (κ1) is 15.5. The van der Waals surface area contributed by atoms with Crippen molar-refractivity contribution in [3.63, 3.8) is 0 Å². The van der Waals surface area contributed by atoms with E-state index < -0.39 is 0 Å². The van der Waals surface area contributed by atoms with Gasteiger partial charge in [0, 0.05) is 16.2 Å². The van der Waals surface area contributed by atoms with E-state index in [1.54, 1.807) is 0 Å². The van der Waals surface area contributed by atoms with Crippen LogP contribution in [0.5, 0.6) is 0 Å². The summed E-state index contributed by atoms with van der Waals surface area (Å²) in [4.78, 5) is 14.5. The van der Waals surface area contributed by atoms with Gasteiger partial charge in [0.15, 0.2) is 0 Å². The third-order valence-electron chi connectivity index (χ3n) is 4.01. The van der Waals surface area contributed by atoms with E-state index in [0.29, 0.717) is 12.6 Å². The summed E-state index contributed by atoms with van der Waals surface area (Å²) in [6.07, 6.45) is 4.86. The Hall–Kier alpha value is -0.870. The summed E-state index contributed by atoms with van der Waals surface area (Å²) < 4.78 is 1.07. The smallest absolute Gasteiger partial charge is 0.238 e. The van der Waals surface area contributed by atoms with Gasteiger partial charge in [0.2, 0.25) is 5.91 Å². The number of likely N-dealkylation sites (tertiary alicyclic amines) is 1. The molecule has 3 nitrogen and oxygen atoms in total. The van der Waals surface area contributed by atoms with Gasteiger partial charge in [-0.05, 0) is 56.5 Å². The number of nitrogens with zero attached hydrogens (tertiary/aromatic N) is 1. The average molecular weight is 339 g/mol. The summed E-state index contributed by atoms with van der Waals surface area (Å²) in [7, 11) is 0. The Balaban J connectivity index is 1.92. The Labute approximate surface area is 129 Å². The molecule has 1 aliphatic rings. The second kappa shape index (κ2) is 7.23. The molecule has 1 aromatic rings. The number of anilines is 1. The van der Waals surface area contributed by atoms with Crippen molar-refractivity contribution in [2.24, 2.45) is 0 Å². The Morgan fingerprint density at radius 2 is 2.25 bits per heavy atom. The molecule has 110 valence electrons. The van der Waals surface area contributed by atoms with E-state index in [2.05, 4.69) is 33.1 Å². The highest BCUT2D eigenvalue weighted by Gasteiger charge is 2.22. The van der Waals surface area contributed by atoms with E-state index in [0.717, 1.165) is 28.7 Å². The lowest BCUT2D eigenvalue weighted by molar-refractivity contribution is -0.118. The molecule has 0 saturated carbocycles. The molecule has 1 unspecified atom stereocenters. The second-order valence-electron chi connectivity index (χ2n) is 5.54. The van der Waals surface area contributed by atoms with Crippen molar-refractivity contribution in [3.8, 4) is 0 Å². The lowest BCUT2D eigenvalue weighted by Crippen LogP contribution is -2.43. The van der Waals surface area contributed by atoms with Gasteiger partial charge in [0.1, 0.15) is 0 Å². The van der Waals surface area contributed by atoms with E-state index in [1.165, 1.54) is 19.3 Å². The van der Waals surface area contributed by atoms with Crippen LogP contribution < -0.4 is 5.32 Å². The number of amides is 1. The molecule has 1 fully saturated rings. The zero-order chi connectivity index (χ0) is 14.5. The topological polar surface area (TPSA) is 32.3 Å². The predicted octanol–water partition coefficient (Wildman–Crippen LogP) is 3.96. The zero-order valence-electron chi connectivity index (χ0n) is 12.3. The van der Waals surface area contributed by atoms with Gasteiger partial charge in [-0.2, -0.15) is 0 Å². The lowest BCUT2D eigenvalue weighted by Gasteiger charge is -2.34. The molecule has 0 aliphatic carbocycles. The normalized spacial score (nSPS) is 19.9. The fraction of sp³-hybridized carbons (Fsp3) is 0.562. The minimum atomic E-state index is 0.0899. The number of rotatable bonds is 4.